The van der Waals surface area contributed by atoms with Crippen molar-refractivity contribution in [3.8, 4) is 0 Å². The van der Waals surface area contributed by atoms with Gasteiger partial charge in [0.15, 0.2) is 0 Å². The van der Waals surface area contributed by atoms with E-state index in [1.54, 1.807) is 13.0 Å². The second-order valence-corrected chi connectivity index (χ2v) is 8.97. The number of benzene rings is 1. The highest BCUT2D eigenvalue weighted by Gasteiger charge is 2.40. The summed E-state index contributed by atoms with van der Waals surface area (Å²) < 4.78 is 32.6. The van der Waals surface area contributed by atoms with E-state index < -0.39 is 27.3 Å². The van der Waals surface area contributed by atoms with E-state index in [9.17, 15) is 23.1 Å². The molecule has 1 saturated heterocycles. The topological polar surface area (TPSA) is 122 Å². The van der Waals surface area contributed by atoms with Gasteiger partial charge in [-0.3, -0.25) is 9.59 Å². The largest absolute Gasteiger partial charge is 0.481 e. The number of ether oxygens (including phenoxy) is 1. The van der Waals surface area contributed by atoms with Gasteiger partial charge in [0.2, 0.25) is 10.0 Å². The van der Waals surface area contributed by atoms with Crippen LogP contribution in [0.15, 0.2) is 23.1 Å². The van der Waals surface area contributed by atoms with E-state index in [2.05, 4.69) is 10.0 Å². The van der Waals surface area contributed by atoms with Crippen molar-refractivity contribution in [1.29, 1.82) is 0 Å². The van der Waals surface area contributed by atoms with Crippen LogP contribution >= 0.6 is 0 Å². The van der Waals surface area contributed by atoms with Gasteiger partial charge < -0.3 is 15.2 Å². The SMILES string of the molecule is Cc1ccc(S(=O)(=O)NC2CC2)cc1C(=O)NCC1(C(=O)O)CCOCC1. The Hall–Kier alpha value is -1.97. The van der Waals surface area contributed by atoms with Gasteiger partial charge in [-0.2, -0.15) is 0 Å². The summed E-state index contributed by atoms with van der Waals surface area (Å²) in [5, 5.41) is 12.2. The zero-order valence-electron chi connectivity index (χ0n) is 15.2. The highest BCUT2D eigenvalue weighted by Crippen LogP contribution is 2.30. The lowest BCUT2D eigenvalue weighted by Crippen LogP contribution is -2.46. The van der Waals surface area contributed by atoms with Crippen LogP contribution in [0.2, 0.25) is 0 Å². The predicted octanol–water partition coefficient (Wildman–Crippen LogP) is 1.05. The van der Waals surface area contributed by atoms with Crippen LogP contribution in [0.1, 0.15) is 41.6 Å². The van der Waals surface area contributed by atoms with Gasteiger partial charge in [0.1, 0.15) is 0 Å². The lowest BCUT2D eigenvalue weighted by molar-refractivity contribution is -0.154. The van der Waals surface area contributed by atoms with E-state index in [1.165, 1.54) is 12.1 Å². The fourth-order valence-corrected chi connectivity index (χ4v) is 4.41. The maximum Gasteiger partial charge on any atom is 0.311 e. The lowest BCUT2D eigenvalue weighted by Gasteiger charge is -2.33. The maximum absolute atomic E-state index is 12.6. The summed E-state index contributed by atoms with van der Waals surface area (Å²) in [7, 11) is -3.67. The number of sulfonamides is 1. The van der Waals surface area contributed by atoms with E-state index >= 15 is 0 Å². The lowest BCUT2D eigenvalue weighted by atomic mass is 9.80. The van der Waals surface area contributed by atoms with Gasteiger partial charge in [0, 0.05) is 31.4 Å². The summed E-state index contributed by atoms with van der Waals surface area (Å²) in [6.07, 6.45) is 2.28. The summed E-state index contributed by atoms with van der Waals surface area (Å²) in [6.45, 7) is 2.35. The number of carboxylic acid groups (broad SMARTS) is 1. The Kier molecular flexibility index (Phi) is 5.55. The number of carbonyl (C=O) groups is 2. The first-order chi connectivity index (χ1) is 12.7. The molecule has 1 aromatic carbocycles. The Labute approximate surface area is 158 Å². The van der Waals surface area contributed by atoms with E-state index in [1.807, 2.05) is 0 Å². The smallest absolute Gasteiger partial charge is 0.311 e. The quantitative estimate of drug-likeness (QED) is 0.633. The third kappa shape index (κ3) is 4.48. The Balaban J connectivity index is 1.76. The van der Waals surface area contributed by atoms with Crippen LogP contribution in [0.4, 0.5) is 0 Å². The fourth-order valence-electron chi connectivity index (χ4n) is 3.07. The molecule has 1 heterocycles. The number of nitrogens with one attached hydrogen (secondary N) is 2. The summed E-state index contributed by atoms with van der Waals surface area (Å²) in [5.41, 5.74) is -0.213. The molecule has 9 heteroatoms. The molecule has 8 nitrogen and oxygen atoms in total. The molecule has 1 amide bonds. The highest BCUT2D eigenvalue weighted by molar-refractivity contribution is 7.89. The van der Waals surface area contributed by atoms with Crippen molar-refractivity contribution in [2.45, 2.75) is 43.5 Å². The molecule has 3 N–H and O–H groups in total. The molecule has 3 rings (SSSR count). The molecular formula is C18H24N2O6S. The molecule has 27 heavy (non-hydrogen) atoms. The molecule has 2 fully saturated rings. The summed E-state index contributed by atoms with van der Waals surface area (Å²) in [5.74, 6) is -1.45. The fraction of sp³-hybridized carbons (Fsp3) is 0.556. The number of aliphatic carboxylic acids is 1. The van der Waals surface area contributed by atoms with Crippen LogP contribution in [0, 0.1) is 12.3 Å². The number of carbonyl (C=O) groups excluding carboxylic acids is 1. The second kappa shape index (κ2) is 7.57. The second-order valence-electron chi connectivity index (χ2n) is 7.25. The molecule has 2 aliphatic rings. The number of hydrogen-bond acceptors (Lipinski definition) is 5. The van der Waals surface area contributed by atoms with Crippen molar-refractivity contribution < 1.29 is 27.9 Å². The van der Waals surface area contributed by atoms with E-state index in [0.717, 1.165) is 12.8 Å². The molecule has 148 valence electrons. The molecule has 0 bridgehead atoms. The van der Waals surface area contributed by atoms with E-state index in [-0.39, 0.29) is 23.0 Å². The minimum absolute atomic E-state index is 0.0265. The molecule has 0 atom stereocenters. The van der Waals surface area contributed by atoms with Crippen LogP contribution in [0.5, 0.6) is 0 Å². The normalized spacial score (nSPS) is 19.4. The molecule has 0 radical (unpaired) electrons. The number of hydrogen-bond donors (Lipinski definition) is 3. The molecule has 0 unspecified atom stereocenters. The predicted molar refractivity (Wildman–Crippen MR) is 97.0 cm³/mol. The van der Waals surface area contributed by atoms with Gasteiger partial charge >= 0.3 is 5.97 Å². The Morgan fingerprint density at radius 3 is 2.52 bits per heavy atom. The molecular weight excluding hydrogens is 372 g/mol. The van der Waals surface area contributed by atoms with Gasteiger partial charge in [-0.1, -0.05) is 6.07 Å². The first-order valence-electron chi connectivity index (χ1n) is 8.96. The number of amides is 1. The average Bonchev–Trinajstić information content (AvgIpc) is 3.44. The Morgan fingerprint density at radius 2 is 1.93 bits per heavy atom. The van der Waals surface area contributed by atoms with Crippen molar-refractivity contribution >= 4 is 21.9 Å². The van der Waals surface area contributed by atoms with Crippen molar-refractivity contribution in [3.63, 3.8) is 0 Å². The minimum Gasteiger partial charge on any atom is -0.481 e. The molecule has 0 aromatic heterocycles. The maximum atomic E-state index is 12.6. The monoisotopic (exact) mass is 396 g/mol. The number of carboxylic acids is 1. The van der Waals surface area contributed by atoms with Crippen molar-refractivity contribution in [2.75, 3.05) is 19.8 Å². The van der Waals surface area contributed by atoms with Crippen molar-refractivity contribution in [2.24, 2.45) is 5.41 Å². The van der Waals surface area contributed by atoms with Crippen LogP contribution < -0.4 is 10.0 Å². The molecule has 1 aliphatic heterocycles. The van der Waals surface area contributed by atoms with E-state index in [0.29, 0.717) is 31.6 Å². The molecule has 1 aliphatic carbocycles. The summed E-state index contributed by atoms with van der Waals surface area (Å²) >= 11 is 0. The zero-order valence-corrected chi connectivity index (χ0v) is 16.0. The number of aryl methyl sites for hydroxylation is 1. The molecule has 0 spiro atoms. The highest BCUT2D eigenvalue weighted by atomic mass is 32.2. The Bertz CT molecular complexity index is 841. The Morgan fingerprint density at radius 1 is 1.26 bits per heavy atom. The van der Waals surface area contributed by atoms with Crippen molar-refractivity contribution in [3.05, 3.63) is 29.3 Å². The van der Waals surface area contributed by atoms with Crippen LogP contribution in [0.3, 0.4) is 0 Å². The third-order valence-corrected chi connectivity index (χ3v) is 6.67. The van der Waals surface area contributed by atoms with Gasteiger partial charge in [0.25, 0.3) is 5.91 Å². The van der Waals surface area contributed by atoms with Crippen LogP contribution in [-0.4, -0.2) is 51.2 Å². The van der Waals surface area contributed by atoms with Gasteiger partial charge in [0.05, 0.1) is 10.3 Å². The standard InChI is InChI=1S/C18H24N2O6S/c1-12-2-5-14(27(24,25)20-13-3-4-13)10-15(12)16(21)19-11-18(17(22)23)6-8-26-9-7-18/h2,5,10,13,20H,3-4,6-9,11H2,1H3,(H,19,21)(H,22,23). The summed E-state index contributed by atoms with van der Waals surface area (Å²) in [4.78, 5) is 24.4. The first kappa shape index (κ1) is 19.8. The first-order valence-corrected chi connectivity index (χ1v) is 10.4. The zero-order chi connectivity index (χ0) is 19.7. The molecule has 1 saturated carbocycles. The summed E-state index contributed by atoms with van der Waals surface area (Å²) in [6, 6.07) is 4.36. The van der Waals surface area contributed by atoms with Gasteiger partial charge in [-0.05, 0) is 50.3 Å². The van der Waals surface area contributed by atoms with Gasteiger partial charge in [-0.15, -0.1) is 0 Å². The number of rotatable bonds is 7. The van der Waals surface area contributed by atoms with Crippen LogP contribution in [0.25, 0.3) is 0 Å². The van der Waals surface area contributed by atoms with Crippen LogP contribution in [-0.2, 0) is 19.6 Å². The van der Waals surface area contributed by atoms with Crippen molar-refractivity contribution in [1.82, 2.24) is 10.0 Å². The molecule has 1 aromatic rings. The average molecular weight is 396 g/mol. The van der Waals surface area contributed by atoms with Gasteiger partial charge in [-0.25, -0.2) is 13.1 Å². The van der Waals surface area contributed by atoms with E-state index in [4.69, 9.17) is 4.74 Å². The minimum atomic E-state index is -3.67. The third-order valence-electron chi connectivity index (χ3n) is 5.15.